The Kier molecular flexibility index (Phi) is 8.00. The van der Waals surface area contributed by atoms with E-state index in [1.165, 1.54) is 11.1 Å². The molecule has 0 bridgehead atoms. The van der Waals surface area contributed by atoms with Crippen LogP contribution in [0.25, 0.3) is 11.1 Å². The van der Waals surface area contributed by atoms with Crippen LogP contribution in [0.15, 0.2) is 53.0 Å². The largest absolute Gasteiger partial charge is 0.496 e. The fourth-order valence-corrected chi connectivity index (χ4v) is 2.22. The first-order valence-corrected chi connectivity index (χ1v) is 7.48. The number of benzene rings is 2. The Morgan fingerprint density at radius 1 is 0.900 bits per heavy atom. The van der Waals surface area contributed by atoms with Crippen molar-refractivity contribution >= 4 is 15.9 Å². The van der Waals surface area contributed by atoms with E-state index >= 15 is 0 Å². The third kappa shape index (κ3) is 5.35. The van der Waals surface area contributed by atoms with E-state index in [1.807, 2.05) is 38.1 Å². The Labute approximate surface area is 129 Å². The molecule has 0 saturated heterocycles. The Morgan fingerprint density at radius 3 is 2.00 bits per heavy atom. The van der Waals surface area contributed by atoms with Crippen LogP contribution in [-0.2, 0) is 4.74 Å². The lowest BCUT2D eigenvalue weighted by Gasteiger charge is -2.06. The molecule has 2 aromatic rings. The lowest BCUT2D eigenvalue weighted by Crippen LogP contribution is -1.85. The van der Waals surface area contributed by atoms with E-state index in [4.69, 9.17) is 9.47 Å². The number of methoxy groups -OCH3 is 1. The van der Waals surface area contributed by atoms with Crippen LogP contribution in [-0.4, -0.2) is 20.3 Å². The number of hydrogen-bond acceptors (Lipinski definition) is 2. The van der Waals surface area contributed by atoms with Gasteiger partial charge < -0.3 is 9.47 Å². The second kappa shape index (κ2) is 9.56. The zero-order chi connectivity index (χ0) is 14.8. The molecule has 3 heteroatoms. The van der Waals surface area contributed by atoms with E-state index in [-0.39, 0.29) is 0 Å². The molecule has 0 saturated carbocycles. The van der Waals surface area contributed by atoms with Gasteiger partial charge in [-0.25, -0.2) is 0 Å². The smallest absolute Gasteiger partial charge is 0.133 e. The predicted molar refractivity (Wildman–Crippen MR) is 88.3 cm³/mol. The van der Waals surface area contributed by atoms with Crippen molar-refractivity contribution in [3.8, 4) is 16.9 Å². The van der Waals surface area contributed by atoms with Gasteiger partial charge in [0.15, 0.2) is 0 Å². The topological polar surface area (TPSA) is 18.5 Å². The lowest BCUT2D eigenvalue weighted by atomic mass is 10.1. The molecule has 0 fully saturated rings. The highest BCUT2D eigenvalue weighted by Crippen LogP contribution is 2.30. The minimum atomic E-state index is 0.844. The maximum Gasteiger partial charge on any atom is 0.133 e. The molecule has 0 heterocycles. The molecule has 0 radical (unpaired) electrons. The third-order valence-electron chi connectivity index (χ3n) is 2.67. The summed E-state index contributed by atoms with van der Waals surface area (Å²) in [7, 11) is 1.67. The summed E-state index contributed by atoms with van der Waals surface area (Å²) >= 11 is 3.48. The molecule has 0 aliphatic heterocycles. The molecule has 0 aliphatic rings. The Morgan fingerprint density at radius 2 is 1.55 bits per heavy atom. The monoisotopic (exact) mass is 336 g/mol. The van der Waals surface area contributed by atoms with Crippen molar-refractivity contribution in [2.45, 2.75) is 13.8 Å². The van der Waals surface area contributed by atoms with Crippen molar-refractivity contribution in [3.05, 3.63) is 53.0 Å². The molecule has 0 spiro atoms. The number of rotatable bonds is 4. The third-order valence-corrected chi connectivity index (χ3v) is 3.29. The Balaban J connectivity index is 0.000000347. The van der Waals surface area contributed by atoms with E-state index in [9.17, 15) is 0 Å². The molecule has 2 aromatic carbocycles. The van der Waals surface area contributed by atoms with Crippen LogP contribution >= 0.6 is 15.9 Å². The maximum atomic E-state index is 5.19. The van der Waals surface area contributed by atoms with Gasteiger partial charge in [-0.1, -0.05) is 36.4 Å². The van der Waals surface area contributed by atoms with Crippen LogP contribution < -0.4 is 4.74 Å². The number of hydrogen-bond donors (Lipinski definition) is 0. The average Bonchev–Trinajstić information content (AvgIpc) is 2.49. The Hall–Kier alpha value is -1.32. The molecule has 20 heavy (non-hydrogen) atoms. The van der Waals surface area contributed by atoms with Crippen LogP contribution in [0.3, 0.4) is 0 Å². The summed E-state index contributed by atoms with van der Waals surface area (Å²) in [5.41, 5.74) is 2.39. The first kappa shape index (κ1) is 16.7. The van der Waals surface area contributed by atoms with Gasteiger partial charge in [-0.15, -0.1) is 0 Å². The molecule has 0 aliphatic carbocycles. The van der Waals surface area contributed by atoms with Gasteiger partial charge in [-0.2, -0.15) is 0 Å². The summed E-state index contributed by atoms with van der Waals surface area (Å²) < 4.78 is 11.0. The SMILES string of the molecule is CCOCC.COc1ccc(-c2ccccc2)cc1Br. The summed E-state index contributed by atoms with van der Waals surface area (Å²) in [6.07, 6.45) is 0. The molecule has 0 atom stereocenters. The van der Waals surface area contributed by atoms with Gasteiger partial charge in [-0.05, 0) is 53.0 Å². The van der Waals surface area contributed by atoms with E-state index in [0.717, 1.165) is 23.4 Å². The van der Waals surface area contributed by atoms with Crippen molar-refractivity contribution in [2.75, 3.05) is 20.3 Å². The van der Waals surface area contributed by atoms with Gasteiger partial charge in [0.2, 0.25) is 0 Å². The highest BCUT2D eigenvalue weighted by molar-refractivity contribution is 9.10. The maximum absolute atomic E-state index is 5.19. The second-order valence-electron chi connectivity index (χ2n) is 4.00. The summed E-state index contributed by atoms with van der Waals surface area (Å²) in [5.74, 6) is 0.856. The lowest BCUT2D eigenvalue weighted by molar-refractivity contribution is 0.162. The van der Waals surface area contributed by atoms with E-state index in [0.29, 0.717) is 0 Å². The van der Waals surface area contributed by atoms with Crippen LogP contribution in [0.2, 0.25) is 0 Å². The molecule has 0 N–H and O–H groups in total. The molecular weight excluding hydrogens is 316 g/mol. The molecule has 108 valence electrons. The summed E-state index contributed by atoms with van der Waals surface area (Å²) in [6.45, 7) is 5.67. The van der Waals surface area contributed by atoms with E-state index < -0.39 is 0 Å². The summed E-state index contributed by atoms with van der Waals surface area (Å²) in [4.78, 5) is 0. The molecule has 0 aromatic heterocycles. The van der Waals surface area contributed by atoms with Crippen LogP contribution in [0, 0.1) is 0 Å². The highest BCUT2D eigenvalue weighted by Gasteiger charge is 2.02. The van der Waals surface area contributed by atoms with E-state index in [2.05, 4.69) is 40.2 Å². The zero-order valence-electron chi connectivity index (χ0n) is 12.2. The van der Waals surface area contributed by atoms with Crippen LogP contribution in [0.4, 0.5) is 0 Å². The fraction of sp³-hybridized carbons (Fsp3) is 0.294. The minimum Gasteiger partial charge on any atom is -0.496 e. The van der Waals surface area contributed by atoms with Crippen molar-refractivity contribution < 1.29 is 9.47 Å². The molecule has 2 rings (SSSR count). The standard InChI is InChI=1S/C13H11BrO.C4H10O/c1-15-13-8-7-11(9-12(13)14)10-5-3-2-4-6-10;1-3-5-4-2/h2-9H,1H3;3-4H2,1-2H3. The van der Waals surface area contributed by atoms with Crippen LogP contribution in [0.1, 0.15) is 13.8 Å². The predicted octanol–water partition coefficient (Wildman–Crippen LogP) is 5.17. The number of halogens is 1. The summed E-state index contributed by atoms with van der Waals surface area (Å²) in [6, 6.07) is 16.4. The number of ether oxygens (including phenoxy) is 2. The van der Waals surface area contributed by atoms with Gasteiger partial charge in [-0.3, -0.25) is 0 Å². The highest BCUT2D eigenvalue weighted by atomic mass is 79.9. The first-order valence-electron chi connectivity index (χ1n) is 6.69. The van der Waals surface area contributed by atoms with Crippen molar-refractivity contribution in [1.82, 2.24) is 0 Å². The van der Waals surface area contributed by atoms with Gasteiger partial charge in [0, 0.05) is 13.2 Å². The minimum absolute atomic E-state index is 0.844. The molecule has 0 amide bonds. The quantitative estimate of drug-likeness (QED) is 0.766. The van der Waals surface area contributed by atoms with Gasteiger partial charge >= 0.3 is 0 Å². The van der Waals surface area contributed by atoms with Gasteiger partial charge in [0.05, 0.1) is 11.6 Å². The first-order chi connectivity index (χ1) is 9.72. The van der Waals surface area contributed by atoms with Crippen molar-refractivity contribution in [2.24, 2.45) is 0 Å². The van der Waals surface area contributed by atoms with Crippen LogP contribution in [0.5, 0.6) is 5.75 Å². The Bertz CT molecular complexity index is 496. The second-order valence-corrected chi connectivity index (χ2v) is 4.85. The molecule has 0 unspecified atom stereocenters. The van der Waals surface area contributed by atoms with Crippen molar-refractivity contribution in [1.29, 1.82) is 0 Å². The zero-order valence-corrected chi connectivity index (χ0v) is 13.8. The molecular formula is C17H21BrO2. The normalized spacial score (nSPS) is 9.60. The molecule has 2 nitrogen and oxygen atoms in total. The van der Waals surface area contributed by atoms with Gasteiger partial charge in [0.25, 0.3) is 0 Å². The average molecular weight is 337 g/mol. The van der Waals surface area contributed by atoms with Gasteiger partial charge in [0.1, 0.15) is 5.75 Å². The van der Waals surface area contributed by atoms with E-state index in [1.54, 1.807) is 7.11 Å². The van der Waals surface area contributed by atoms with Crippen molar-refractivity contribution in [3.63, 3.8) is 0 Å². The summed E-state index contributed by atoms with van der Waals surface area (Å²) in [5, 5.41) is 0. The fourth-order valence-electron chi connectivity index (χ4n) is 1.68.